The molecule has 148 valence electrons. The Kier molecular flexibility index (Phi) is 3.77. The Hall–Kier alpha value is -3.55. The summed E-state index contributed by atoms with van der Waals surface area (Å²) < 4.78 is 2.89. The number of carbonyl (C=O) groups excluding carboxylic acids is 1. The van der Waals surface area contributed by atoms with E-state index in [9.17, 15) is 19.5 Å². The van der Waals surface area contributed by atoms with Crippen molar-refractivity contribution in [1.29, 1.82) is 0 Å². The maximum Gasteiger partial charge on any atom is 0.336 e. The summed E-state index contributed by atoms with van der Waals surface area (Å²) in [6, 6.07) is 12.6. The normalized spacial score (nSPS) is 19.7. The maximum atomic E-state index is 13.2. The molecule has 2 aromatic carbocycles. The summed E-state index contributed by atoms with van der Waals surface area (Å²) in [6.45, 7) is 0.356. The highest BCUT2D eigenvalue weighted by Crippen LogP contribution is 2.49. The Morgan fingerprint density at radius 1 is 1.07 bits per heavy atom. The summed E-state index contributed by atoms with van der Waals surface area (Å²) in [7, 11) is 0. The van der Waals surface area contributed by atoms with E-state index in [1.54, 1.807) is 15.5 Å². The van der Waals surface area contributed by atoms with Crippen molar-refractivity contribution in [2.24, 2.45) is 0 Å². The van der Waals surface area contributed by atoms with Gasteiger partial charge in [-0.2, -0.15) is 0 Å². The third kappa shape index (κ3) is 2.48. The molecule has 0 radical (unpaired) electrons. The van der Waals surface area contributed by atoms with Crippen LogP contribution in [0.5, 0.6) is 5.88 Å². The van der Waals surface area contributed by atoms with Gasteiger partial charge in [0.2, 0.25) is 11.8 Å². The van der Waals surface area contributed by atoms with Gasteiger partial charge in [0.05, 0.1) is 24.2 Å². The second-order valence-electron chi connectivity index (χ2n) is 7.54. The standard InChI is InChI=1S/C21H19N3O5/c25-17(8-9-18(26)27)22-11-13-10-16(22)19-20(28)24(21(29)23(13)19)15-7-3-5-12-4-1-2-6-14(12)15/h1-7,13,16,28H,8-11H2,(H,26,27)/t13-,16-/m0/s1. The first-order chi connectivity index (χ1) is 14.0. The largest absolute Gasteiger partial charge is 0.493 e. The van der Waals surface area contributed by atoms with Crippen LogP contribution in [0.15, 0.2) is 47.3 Å². The predicted octanol–water partition coefficient (Wildman–Crippen LogP) is 2.19. The lowest BCUT2D eigenvalue weighted by Crippen LogP contribution is -2.37. The van der Waals surface area contributed by atoms with Crippen LogP contribution < -0.4 is 5.69 Å². The van der Waals surface area contributed by atoms with Crippen LogP contribution in [-0.4, -0.2) is 42.7 Å². The van der Waals surface area contributed by atoms with E-state index in [2.05, 4.69) is 0 Å². The van der Waals surface area contributed by atoms with Crippen molar-refractivity contribution in [3.05, 3.63) is 58.6 Å². The van der Waals surface area contributed by atoms with Crippen molar-refractivity contribution in [1.82, 2.24) is 14.0 Å². The fourth-order valence-electron chi connectivity index (χ4n) is 4.70. The minimum absolute atomic E-state index is 0.0897. The number of amides is 1. The predicted molar refractivity (Wildman–Crippen MR) is 104 cm³/mol. The van der Waals surface area contributed by atoms with E-state index in [-0.39, 0.29) is 36.4 Å². The lowest BCUT2D eigenvalue weighted by Gasteiger charge is -2.27. The highest BCUT2D eigenvalue weighted by molar-refractivity contribution is 5.90. The van der Waals surface area contributed by atoms with Crippen LogP contribution >= 0.6 is 0 Å². The number of likely N-dealkylation sites (tertiary alicyclic amines) is 1. The molecular formula is C21H19N3O5. The average molecular weight is 393 g/mol. The van der Waals surface area contributed by atoms with E-state index < -0.39 is 12.0 Å². The fourth-order valence-corrected chi connectivity index (χ4v) is 4.70. The van der Waals surface area contributed by atoms with Gasteiger partial charge in [0.25, 0.3) is 0 Å². The summed E-state index contributed by atoms with van der Waals surface area (Å²) in [5, 5.41) is 21.6. The molecule has 2 bridgehead atoms. The number of carboxylic acids is 1. The molecule has 1 saturated heterocycles. The SMILES string of the molecule is O=C(O)CCC(=O)N1C[C@@H]2C[C@H]1c1c(O)n(-c3cccc4ccccc34)c(=O)n12. The summed E-state index contributed by atoms with van der Waals surface area (Å²) >= 11 is 0. The summed E-state index contributed by atoms with van der Waals surface area (Å²) in [4.78, 5) is 38.1. The third-order valence-electron chi connectivity index (χ3n) is 5.94. The molecule has 0 unspecified atom stereocenters. The van der Waals surface area contributed by atoms with Gasteiger partial charge in [-0.15, -0.1) is 0 Å². The summed E-state index contributed by atoms with van der Waals surface area (Å²) in [6.07, 6.45) is 0.240. The molecule has 0 aliphatic carbocycles. The Bertz CT molecular complexity index is 1220. The lowest BCUT2D eigenvalue weighted by molar-refractivity contribution is -0.141. The second kappa shape index (κ2) is 6.23. The van der Waals surface area contributed by atoms with E-state index in [4.69, 9.17) is 5.11 Å². The zero-order chi connectivity index (χ0) is 20.3. The quantitative estimate of drug-likeness (QED) is 0.707. The molecule has 2 aliphatic rings. The zero-order valence-electron chi connectivity index (χ0n) is 15.5. The number of nitrogens with zero attached hydrogens (tertiary/aromatic N) is 3. The van der Waals surface area contributed by atoms with Gasteiger partial charge < -0.3 is 15.1 Å². The van der Waals surface area contributed by atoms with Crippen LogP contribution in [0.2, 0.25) is 0 Å². The van der Waals surface area contributed by atoms with Crippen LogP contribution in [-0.2, 0) is 9.59 Å². The minimum atomic E-state index is -1.02. The van der Waals surface area contributed by atoms with Gasteiger partial charge in [0.1, 0.15) is 5.69 Å². The molecule has 0 spiro atoms. The summed E-state index contributed by atoms with van der Waals surface area (Å²) in [5.41, 5.74) is 0.706. The van der Waals surface area contributed by atoms with Gasteiger partial charge in [0, 0.05) is 18.4 Å². The van der Waals surface area contributed by atoms with Crippen LogP contribution in [0.1, 0.15) is 37.0 Å². The monoisotopic (exact) mass is 393 g/mol. The van der Waals surface area contributed by atoms with Crippen molar-refractivity contribution in [3.8, 4) is 11.6 Å². The van der Waals surface area contributed by atoms with Crippen LogP contribution in [0.4, 0.5) is 0 Å². The molecule has 29 heavy (non-hydrogen) atoms. The molecule has 1 aromatic heterocycles. The van der Waals surface area contributed by atoms with Gasteiger partial charge in [-0.25, -0.2) is 9.36 Å². The van der Waals surface area contributed by atoms with Gasteiger partial charge in [0.15, 0.2) is 0 Å². The third-order valence-corrected chi connectivity index (χ3v) is 5.94. The molecule has 3 heterocycles. The Labute approximate surface area is 165 Å². The lowest BCUT2D eigenvalue weighted by atomic mass is 10.1. The van der Waals surface area contributed by atoms with E-state index in [1.807, 2.05) is 36.4 Å². The van der Waals surface area contributed by atoms with Crippen molar-refractivity contribution in [3.63, 3.8) is 0 Å². The number of carboxylic acid groups (broad SMARTS) is 1. The van der Waals surface area contributed by atoms with E-state index in [0.717, 1.165) is 10.8 Å². The number of hydrogen-bond donors (Lipinski definition) is 2. The molecular weight excluding hydrogens is 374 g/mol. The summed E-state index contributed by atoms with van der Waals surface area (Å²) in [5.74, 6) is -1.45. The Morgan fingerprint density at radius 3 is 2.62 bits per heavy atom. The van der Waals surface area contributed by atoms with E-state index in [1.165, 1.54) is 4.57 Å². The number of fused-ring (bicyclic) bond motifs is 6. The number of carbonyl (C=O) groups is 2. The first-order valence-electron chi connectivity index (χ1n) is 9.53. The molecule has 3 aromatic rings. The molecule has 8 nitrogen and oxygen atoms in total. The minimum Gasteiger partial charge on any atom is -0.493 e. The van der Waals surface area contributed by atoms with Gasteiger partial charge >= 0.3 is 11.7 Å². The highest BCUT2D eigenvalue weighted by Gasteiger charge is 2.49. The number of rotatable bonds is 4. The molecule has 1 fully saturated rings. The van der Waals surface area contributed by atoms with E-state index >= 15 is 0 Å². The molecule has 1 amide bonds. The molecule has 8 heteroatoms. The number of benzene rings is 2. The first-order valence-corrected chi connectivity index (χ1v) is 9.53. The van der Waals surface area contributed by atoms with Gasteiger partial charge in [-0.05, 0) is 17.9 Å². The van der Waals surface area contributed by atoms with E-state index in [0.29, 0.717) is 24.3 Å². The molecule has 0 saturated carbocycles. The Morgan fingerprint density at radius 2 is 1.83 bits per heavy atom. The fraction of sp³-hybridized carbons (Fsp3) is 0.286. The smallest absolute Gasteiger partial charge is 0.336 e. The highest BCUT2D eigenvalue weighted by atomic mass is 16.4. The van der Waals surface area contributed by atoms with Crippen molar-refractivity contribution in [2.45, 2.75) is 31.3 Å². The maximum absolute atomic E-state index is 13.2. The Balaban J connectivity index is 1.59. The zero-order valence-corrected chi connectivity index (χ0v) is 15.5. The van der Waals surface area contributed by atoms with Crippen molar-refractivity contribution in [2.75, 3.05) is 6.54 Å². The van der Waals surface area contributed by atoms with Crippen LogP contribution in [0.25, 0.3) is 16.5 Å². The van der Waals surface area contributed by atoms with Crippen LogP contribution in [0, 0.1) is 0 Å². The van der Waals surface area contributed by atoms with Gasteiger partial charge in [-0.3, -0.25) is 14.2 Å². The number of aromatic nitrogens is 2. The average Bonchev–Trinajstić information content (AvgIpc) is 3.37. The number of aromatic hydroxyl groups is 1. The molecule has 2 atom stereocenters. The topological polar surface area (TPSA) is 105 Å². The molecule has 5 rings (SSSR count). The van der Waals surface area contributed by atoms with Crippen LogP contribution in [0.3, 0.4) is 0 Å². The number of hydrogen-bond acceptors (Lipinski definition) is 4. The number of aliphatic carboxylic acids is 1. The van der Waals surface area contributed by atoms with Gasteiger partial charge in [-0.1, -0.05) is 36.4 Å². The molecule has 2 N–H and O–H groups in total. The van der Waals surface area contributed by atoms with Crippen molar-refractivity contribution >= 4 is 22.6 Å². The first kappa shape index (κ1) is 17.5. The molecule has 2 aliphatic heterocycles. The second-order valence-corrected chi connectivity index (χ2v) is 7.54. The number of imidazole rings is 1. The van der Waals surface area contributed by atoms with Crippen molar-refractivity contribution < 1.29 is 19.8 Å².